The fraction of sp³-hybridized carbons (Fsp3) is 0.500. The fourth-order valence-electron chi connectivity index (χ4n) is 5.06. The van der Waals surface area contributed by atoms with Crippen LogP contribution in [0.3, 0.4) is 0 Å². The van der Waals surface area contributed by atoms with Gasteiger partial charge in [0.2, 0.25) is 5.95 Å². The summed E-state index contributed by atoms with van der Waals surface area (Å²) in [5, 5.41) is 2.05. The maximum atomic E-state index is 12.3. The highest BCUT2D eigenvalue weighted by atomic mass is 32.5. The number of ether oxygens (including phenoxy) is 2. The van der Waals surface area contributed by atoms with Crippen LogP contribution in [-0.2, 0) is 46.7 Å². The highest BCUT2D eigenvalue weighted by Crippen LogP contribution is 2.49. The lowest BCUT2D eigenvalue weighted by Gasteiger charge is -2.30. The van der Waals surface area contributed by atoms with Crippen LogP contribution in [0, 0.1) is 0 Å². The highest BCUT2D eigenvalue weighted by molar-refractivity contribution is 8.07. The summed E-state index contributed by atoms with van der Waals surface area (Å²) in [6, 6.07) is 1.82. The second kappa shape index (κ2) is 11.9. The highest BCUT2D eigenvalue weighted by Gasteiger charge is 2.46. The van der Waals surface area contributed by atoms with Crippen molar-refractivity contribution in [3.8, 4) is 0 Å². The lowest BCUT2D eigenvalue weighted by atomic mass is 10.2. The predicted molar refractivity (Wildman–Crippen MR) is 159 cm³/mol. The molecular formula is C20H28N10O9P2S2. The molecule has 43 heavy (non-hydrogen) atoms. The van der Waals surface area contributed by atoms with Gasteiger partial charge >= 0.3 is 13.4 Å². The molecule has 6 rings (SSSR count). The topological polar surface area (TPSA) is 263 Å². The third kappa shape index (κ3) is 6.69. The SMILES string of the molecule is Nc1nc2c(c(=O)[nH]1)NNN2[C@@H]1O[C@H](COP(O)(O)=S)CC1OP(O)(=S)OC[C@@H]1CC[C@H](n2ccc3c(N)ncnc32)O1. The third-order valence-corrected chi connectivity index (χ3v) is 9.29. The van der Waals surface area contributed by atoms with Crippen molar-refractivity contribution in [2.45, 2.75) is 50.0 Å². The van der Waals surface area contributed by atoms with E-state index >= 15 is 0 Å². The zero-order valence-corrected chi connectivity index (χ0v) is 25.5. The number of nitrogen functional groups attached to an aromatic ring is 2. The molecule has 3 aromatic heterocycles. The van der Waals surface area contributed by atoms with Gasteiger partial charge in [0.15, 0.2) is 17.7 Å². The van der Waals surface area contributed by atoms with Crippen molar-refractivity contribution < 1.29 is 37.7 Å². The Morgan fingerprint density at radius 2 is 1.91 bits per heavy atom. The minimum absolute atomic E-state index is 0.0524. The van der Waals surface area contributed by atoms with Crippen LogP contribution >= 0.6 is 13.4 Å². The summed E-state index contributed by atoms with van der Waals surface area (Å²) in [4.78, 5) is 57.1. The summed E-state index contributed by atoms with van der Waals surface area (Å²) in [6.45, 7) is -8.21. The number of hydrazine groups is 2. The minimum Gasteiger partial charge on any atom is -0.383 e. The second-order valence-electron chi connectivity index (χ2n) is 9.84. The molecule has 2 unspecified atom stereocenters. The third-order valence-electron chi connectivity index (χ3n) is 6.90. The largest absolute Gasteiger partial charge is 0.383 e. The normalized spacial score (nSPS) is 27.0. The van der Waals surface area contributed by atoms with E-state index in [0.29, 0.717) is 29.7 Å². The van der Waals surface area contributed by atoms with Crippen molar-refractivity contribution in [1.82, 2.24) is 30.0 Å². The number of nitrogens with two attached hydrogens (primary N) is 2. The van der Waals surface area contributed by atoms with E-state index in [0.717, 1.165) is 0 Å². The number of fused-ring (bicyclic) bond motifs is 2. The maximum Gasteiger partial charge on any atom is 0.325 e. The van der Waals surface area contributed by atoms with E-state index in [1.54, 1.807) is 0 Å². The van der Waals surface area contributed by atoms with Gasteiger partial charge in [0.25, 0.3) is 5.56 Å². The monoisotopic (exact) mass is 678 g/mol. The summed E-state index contributed by atoms with van der Waals surface area (Å²) >= 11 is 9.84. The number of hydrogen-bond acceptors (Lipinski definition) is 16. The van der Waals surface area contributed by atoms with Gasteiger partial charge in [-0.25, -0.2) is 15.0 Å². The van der Waals surface area contributed by atoms with E-state index in [-0.39, 0.29) is 43.3 Å². The van der Waals surface area contributed by atoms with Crippen LogP contribution in [0.15, 0.2) is 23.4 Å². The molecule has 6 atom stereocenters. The number of H-pyrrole nitrogens is 1. The first kappa shape index (κ1) is 30.7. The minimum atomic E-state index is -3.97. The van der Waals surface area contributed by atoms with Gasteiger partial charge in [-0.2, -0.15) is 4.98 Å². The number of nitrogens with zero attached hydrogens (tertiary/aromatic N) is 5. The number of rotatable bonds is 10. The summed E-state index contributed by atoms with van der Waals surface area (Å²) in [7, 11) is 0. The lowest BCUT2D eigenvalue weighted by molar-refractivity contribution is -0.0258. The Morgan fingerprint density at radius 3 is 2.70 bits per heavy atom. The summed E-state index contributed by atoms with van der Waals surface area (Å²) in [5.41, 5.74) is 17.3. The van der Waals surface area contributed by atoms with Gasteiger partial charge in [-0.15, -0.1) is 5.53 Å². The van der Waals surface area contributed by atoms with E-state index in [4.69, 9.17) is 46.3 Å². The summed E-state index contributed by atoms with van der Waals surface area (Å²) in [5.74, 6) is 0.318. The number of nitrogens with one attached hydrogen (secondary N) is 3. The van der Waals surface area contributed by atoms with Crippen LogP contribution in [0.25, 0.3) is 11.0 Å². The van der Waals surface area contributed by atoms with Crippen molar-refractivity contribution >= 4 is 71.4 Å². The first-order valence-corrected chi connectivity index (χ1v) is 18.0. The van der Waals surface area contributed by atoms with E-state index in [1.807, 2.05) is 16.8 Å². The van der Waals surface area contributed by atoms with Gasteiger partial charge in [-0.3, -0.25) is 15.2 Å². The van der Waals surface area contributed by atoms with Crippen LogP contribution in [-0.4, -0.2) is 76.9 Å². The molecule has 3 aliphatic heterocycles. The molecule has 6 heterocycles. The molecule has 10 N–H and O–H groups in total. The Kier molecular flexibility index (Phi) is 8.46. The zero-order valence-electron chi connectivity index (χ0n) is 22.0. The first-order chi connectivity index (χ1) is 20.4. The van der Waals surface area contributed by atoms with Gasteiger partial charge in [-0.1, -0.05) is 0 Å². The number of anilines is 4. The Balaban J connectivity index is 1.12. The molecule has 0 saturated carbocycles. The maximum absolute atomic E-state index is 12.3. The predicted octanol–water partition coefficient (Wildman–Crippen LogP) is -0.332. The molecule has 2 fully saturated rings. The molecule has 19 nitrogen and oxygen atoms in total. The number of hydrogen-bond donors (Lipinski definition) is 8. The average molecular weight is 679 g/mol. The van der Waals surface area contributed by atoms with Crippen molar-refractivity contribution in [3.05, 3.63) is 28.9 Å². The first-order valence-electron chi connectivity index (χ1n) is 12.8. The molecule has 0 bridgehead atoms. The summed E-state index contributed by atoms with van der Waals surface area (Å²) in [6.07, 6.45) is 1.04. The van der Waals surface area contributed by atoms with Crippen LogP contribution in [0.1, 0.15) is 25.5 Å². The van der Waals surface area contributed by atoms with Crippen LogP contribution in [0.4, 0.5) is 23.3 Å². The van der Waals surface area contributed by atoms with Gasteiger partial charge in [0.05, 0.1) is 30.8 Å². The quantitative estimate of drug-likeness (QED) is 0.128. The Morgan fingerprint density at radius 1 is 1.12 bits per heavy atom. The van der Waals surface area contributed by atoms with Gasteiger partial charge in [0.1, 0.15) is 30.1 Å². The van der Waals surface area contributed by atoms with Gasteiger partial charge in [-0.05, 0) is 42.5 Å². The second-order valence-corrected chi connectivity index (χ2v) is 15.3. The van der Waals surface area contributed by atoms with Crippen LogP contribution in [0.2, 0.25) is 0 Å². The van der Waals surface area contributed by atoms with Gasteiger partial charge < -0.3 is 53.8 Å². The van der Waals surface area contributed by atoms with Crippen LogP contribution in [0.5, 0.6) is 0 Å². The molecule has 0 aromatic carbocycles. The molecule has 23 heteroatoms. The van der Waals surface area contributed by atoms with Crippen molar-refractivity contribution in [1.29, 1.82) is 0 Å². The zero-order chi connectivity index (χ0) is 30.5. The standard InChI is InChI=1S/C20H28N10O9P2S2/c21-15-11-3-4-29(16(11)24-8-23-15)13-2-1-9(37-13)6-36-41(34,43)39-12-5-10(7-35-40(32,33)42)38-19(12)30-17-14(27-28-30)18(31)26-20(22)25-17/h3-4,8-10,12-13,19,27-28H,1-2,5-7H2,(H,34,43)(H2,21,23,24)(H2,32,33,42)(H3,22,25,26,31)/t9-,10-,12?,13+,19+,41?/m0/s1. The van der Waals surface area contributed by atoms with E-state index < -0.39 is 43.5 Å². The number of aromatic nitrogens is 5. The molecule has 0 aliphatic carbocycles. The Bertz CT molecular complexity index is 1670. The number of aromatic amines is 1. The average Bonchev–Trinajstić information content (AvgIpc) is 3.71. The lowest BCUT2D eigenvalue weighted by Crippen LogP contribution is -2.49. The fourth-order valence-corrected chi connectivity index (χ4v) is 7.07. The molecule has 3 aliphatic rings. The molecule has 234 valence electrons. The van der Waals surface area contributed by atoms with Crippen molar-refractivity contribution in [2.24, 2.45) is 0 Å². The molecule has 0 radical (unpaired) electrons. The van der Waals surface area contributed by atoms with E-state index in [1.165, 1.54) is 11.3 Å². The van der Waals surface area contributed by atoms with E-state index in [2.05, 4.69) is 42.7 Å². The molecule has 3 aromatic rings. The van der Waals surface area contributed by atoms with Gasteiger partial charge in [0, 0.05) is 12.6 Å². The molecule has 0 spiro atoms. The molecule has 2 saturated heterocycles. The molecule has 0 amide bonds. The van der Waals surface area contributed by atoms with Crippen molar-refractivity contribution in [2.75, 3.05) is 35.1 Å². The Labute approximate surface area is 252 Å². The van der Waals surface area contributed by atoms with Crippen LogP contribution < -0.4 is 33.0 Å². The smallest absolute Gasteiger partial charge is 0.325 e. The molecular weight excluding hydrogens is 650 g/mol. The summed E-state index contributed by atoms with van der Waals surface area (Å²) < 4.78 is 30.5. The Hall–Kier alpha value is -2.36. The van der Waals surface area contributed by atoms with Crippen molar-refractivity contribution in [3.63, 3.8) is 0 Å². The van der Waals surface area contributed by atoms with E-state index in [9.17, 15) is 19.5 Å².